The van der Waals surface area contributed by atoms with E-state index in [0.29, 0.717) is 9.26 Å². The number of anilines is 1. The first-order chi connectivity index (χ1) is 5.82. The summed E-state index contributed by atoms with van der Waals surface area (Å²) >= 11 is 1.89. The summed E-state index contributed by atoms with van der Waals surface area (Å²) in [6, 6.07) is 3.01. The van der Waals surface area contributed by atoms with Gasteiger partial charge in [-0.2, -0.15) is 0 Å². The molecule has 0 saturated carbocycles. The first kappa shape index (κ1) is 10.7. The average Bonchev–Trinajstić information content (AvgIpc) is 1.94. The number of alkyl halides is 2. The summed E-state index contributed by atoms with van der Waals surface area (Å²) in [5.74, 6) is -2.82. The van der Waals surface area contributed by atoms with Crippen molar-refractivity contribution < 1.29 is 8.78 Å². The van der Waals surface area contributed by atoms with Crippen molar-refractivity contribution >= 4 is 28.3 Å². The molecule has 0 heterocycles. The third-order valence-electron chi connectivity index (χ3n) is 1.83. The van der Waals surface area contributed by atoms with Gasteiger partial charge in [0.05, 0.1) is 0 Å². The predicted molar refractivity (Wildman–Crippen MR) is 57.9 cm³/mol. The SMILES string of the molecule is Cc1cc(I)c(C(C)(F)F)cc1N. The highest BCUT2D eigenvalue weighted by Gasteiger charge is 2.27. The lowest BCUT2D eigenvalue weighted by Crippen LogP contribution is -2.10. The third-order valence-corrected chi connectivity index (χ3v) is 2.72. The van der Waals surface area contributed by atoms with E-state index in [1.165, 1.54) is 6.07 Å². The van der Waals surface area contributed by atoms with Crippen LogP contribution in [0.3, 0.4) is 0 Å². The van der Waals surface area contributed by atoms with E-state index in [-0.39, 0.29) is 5.56 Å². The highest BCUT2D eigenvalue weighted by Crippen LogP contribution is 2.33. The number of hydrogen-bond acceptors (Lipinski definition) is 1. The van der Waals surface area contributed by atoms with Crippen LogP contribution in [0.4, 0.5) is 14.5 Å². The monoisotopic (exact) mass is 297 g/mol. The zero-order valence-corrected chi connectivity index (χ0v) is 9.52. The lowest BCUT2D eigenvalue weighted by molar-refractivity contribution is 0.0166. The molecular weight excluding hydrogens is 287 g/mol. The number of aryl methyl sites for hydroxylation is 1. The molecule has 2 N–H and O–H groups in total. The van der Waals surface area contributed by atoms with Crippen LogP contribution < -0.4 is 5.73 Å². The van der Waals surface area contributed by atoms with Gasteiger partial charge in [0.1, 0.15) is 0 Å². The molecule has 1 rings (SSSR count). The van der Waals surface area contributed by atoms with Crippen LogP contribution >= 0.6 is 22.6 Å². The normalized spacial score (nSPS) is 11.8. The summed E-state index contributed by atoms with van der Waals surface area (Å²) in [5, 5.41) is 0. The van der Waals surface area contributed by atoms with Gasteiger partial charge in [-0.3, -0.25) is 0 Å². The molecule has 1 nitrogen and oxygen atoms in total. The smallest absolute Gasteiger partial charge is 0.271 e. The molecule has 0 amide bonds. The Morgan fingerprint density at radius 1 is 1.38 bits per heavy atom. The molecule has 0 spiro atoms. The van der Waals surface area contributed by atoms with Gasteiger partial charge < -0.3 is 5.73 Å². The molecular formula is C9H10F2IN. The maximum absolute atomic E-state index is 13.0. The summed E-state index contributed by atoms with van der Waals surface area (Å²) < 4.78 is 26.5. The number of nitrogen functional groups attached to an aromatic ring is 1. The van der Waals surface area contributed by atoms with Gasteiger partial charge in [0.15, 0.2) is 0 Å². The summed E-state index contributed by atoms with van der Waals surface area (Å²) in [6.07, 6.45) is 0. The van der Waals surface area contributed by atoms with Crippen LogP contribution in [0, 0.1) is 10.5 Å². The maximum atomic E-state index is 13.0. The van der Waals surface area contributed by atoms with Crippen LogP contribution in [0.1, 0.15) is 18.1 Å². The van der Waals surface area contributed by atoms with Crippen molar-refractivity contribution in [1.29, 1.82) is 0 Å². The maximum Gasteiger partial charge on any atom is 0.271 e. The number of benzene rings is 1. The molecule has 1 aromatic rings. The van der Waals surface area contributed by atoms with Crippen molar-refractivity contribution in [1.82, 2.24) is 0 Å². The van der Waals surface area contributed by atoms with Gasteiger partial charge in [0.2, 0.25) is 0 Å². The van der Waals surface area contributed by atoms with Crippen LogP contribution in [-0.2, 0) is 5.92 Å². The minimum absolute atomic E-state index is 0.00352. The van der Waals surface area contributed by atoms with Gasteiger partial charge >= 0.3 is 0 Å². The molecule has 0 fully saturated rings. The summed E-state index contributed by atoms with van der Waals surface area (Å²) in [4.78, 5) is 0. The molecule has 0 unspecified atom stereocenters. The Labute approximate surface area is 89.5 Å². The molecule has 0 aliphatic heterocycles. The Kier molecular flexibility index (Phi) is 2.79. The molecule has 0 radical (unpaired) electrons. The molecule has 1 aromatic carbocycles. The Hall–Kier alpha value is -0.390. The summed E-state index contributed by atoms with van der Waals surface area (Å²) in [7, 11) is 0. The van der Waals surface area contributed by atoms with Gasteiger partial charge in [0.25, 0.3) is 5.92 Å². The summed E-state index contributed by atoms with van der Waals surface area (Å²) in [5.41, 5.74) is 6.79. The van der Waals surface area contributed by atoms with E-state index in [1.54, 1.807) is 13.0 Å². The molecule has 0 aromatic heterocycles. The zero-order chi connectivity index (χ0) is 10.2. The highest BCUT2D eigenvalue weighted by atomic mass is 127. The van der Waals surface area contributed by atoms with Gasteiger partial charge in [0, 0.05) is 21.7 Å². The molecule has 0 bridgehead atoms. The fourth-order valence-corrected chi connectivity index (χ4v) is 2.12. The van der Waals surface area contributed by atoms with E-state index in [1.807, 2.05) is 22.6 Å². The number of nitrogens with two attached hydrogens (primary N) is 1. The number of rotatable bonds is 1. The fraction of sp³-hybridized carbons (Fsp3) is 0.333. The molecule has 0 aliphatic rings. The quantitative estimate of drug-likeness (QED) is 0.624. The van der Waals surface area contributed by atoms with Gasteiger partial charge in [-0.05, 0) is 47.2 Å². The van der Waals surface area contributed by atoms with E-state index in [0.717, 1.165) is 12.5 Å². The minimum Gasteiger partial charge on any atom is -0.399 e. The van der Waals surface area contributed by atoms with E-state index in [9.17, 15) is 8.78 Å². The summed E-state index contributed by atoms with van der Waals surface area (Å²) in [6.45, 7) is 2.67. The van der Waals surface area contributed by atoms with Crippen LogP contribution in [0.15, 0.2) is 12.1 Å². The Morgan fingerprint density at radius 2 is 1.92 bits per heavy atom. The van der Waals surface area contributed by atoms with Crippen molar-refractivity contribution in [2.24, 2.45) is 0 Å². The third kappa shape index (κ3) is 2.30. The van der Waals surface area contributed by atoms with Gasteiger partial charge in [-0.1, -0.05) is 0 Å². The van der Waals surface area contributed by atoms with E-state index in [4.69, 9.17) is 5.73 Å². The van der Waals surface area contributed by atoms with Gasteiger partial charge in [-0.15, -0.1) is 0 Å². The highest BCUT2D eigenvalue weighted by molar-refractivity contribution is 14.1. The van der Waals surface area contributed by atoms with Crippen LogP contribution in [0.5, 0.6) is 0 Å². The first-order valence-electron chi connectivity index (χ1n) is 3.76. The largest absolute Gasteiger partial charge is 0.399 e. The van der Waals surface area contributed by atoms with Gasteiger partial charge in [-0.25, -0.2) is 8.78 Å². The standard InChI is InChI=1S/C9H10F2IN/c1-5-3-7(12)6(4-8(5)13)9(2,10)11/h3-4H,13H2,1-2H3. The Morgan fingerprint density at radius 3 is 2.38 bits per heavy atom. The first-order valence-corrected chi connectivity index (χ1v) is 4.84. The topological polar surface area (TPSA) is 26.0 Å². The van der Waals surface area contributed by atoms with E-state index >= 15 is 0 Å². The molecule has 0 atom stereocenters. The van der Waals surface area contributed by atoms with Crippen molar-refractivity contribution in [2.45, 2.75) is 19.8 Å². The number of hydrogen-bond donors (Lipinski definition) is 1. The fourth-order valence-electron chi connectivity index (χ4n) is 1.03. The van der Waals surface area contributed by atoms with Crippen molar-refractivity contribution in [3.05, 3.63) is 26.8 Å². The molecule has 0 saturated heterocycles. The second kappa shape index (κ2) is 3.40. The lowest BCUT2D eigenvalue weighted by Gasteiger charge is -2.14. The molecule has 72 valence electrons. The van der Waals surface area contributed by atoms with E-state index in [2.05, 4.69) is 0 Å². The second-order valence-corrected chi connectivity index (χ2v) is 4.24. The zero-order valence-electron chi connectivity index (χ0n) is 7.37. The van der Waals surface area contributed by atoms with E-state index < -0.39 is 5.92 Å². The van der Waals surface area contributed by atoms with Crippen LogP contribution in [0.2, 0.25) is 0 Å². The van der Waals surface area contributed by atoms with Crippen LogP contribution in [0.25, 0.3) is 0 Å². The minimum atomic E-state index is -2.82. The second-order valence-electron chi connectivity index (χ2n) is 3.08. The van der Waals surface area contributed by atoms with Crippen LogP contribution in [-0.4, -0.2) is 0 Å². The predicted octanol–water partition coefficient (Wildman–Crippen LogP) is 3.29. The Bertz CT molecular complexity index is 331. The van der Waals surface area contributed by atoms with Crippen molar-refractivity contribution in [2.75, 3.05) is 5.73 Å². The molecule has 4 heteroatoms. The van der Waals surface area contributed by atoms with Crippen molar-refractivity contribution in [3.63, 3.8) is 0 Å². The lowest BCUT2D eigenvalue weighted by atomic mass is 10.1. The number of halogens is 3. The molecule has 13 heavy (non-hydrogen) atoms. The molecule has 0 aliphatic carbocycles. The van der Waals surface area contributed by atoms with Crippen molar-refractivity contribution in [3.8, 4) is 0 Å². The Balaban J connectivity index is 3.32. The average molecular weight is 297 g/mol.